The highest BCUT2D eigenvalue weighted by Crippen LogP contribution is 2.38. The molecule has 36 heavy (non-hydrogen) atoms. The highest BCUT2D eigenvalue weighted by atomic mass is 35.5. The number of ether oxygens (including phenoxy) is 1. The Morgan fingerprint density at radius 1 is 0.972 bits per heavy atom. The second kappa shape index (κ2) is 10.4. The van der Waals surface area contributed by atoms with Crippen LogP contribution in [-0.2, 0) is 19.6 Å². The maximum Gasteiger partial charge on any atom is 0.244 e. The van der Waals surface area contributed by atoms with Crippen molar-refractivity contribution in [3.8, 4) is 0 Å². The molecule has 2 aromatic carbocycles. The molecule has 1 aromatic heterocycles. The van der Waals surface area contributed by atoms with Crippen LogP contribution in [-0.4, -0.2) is 69.9 Å². The maximum atomic E-state index is 13.3. The van der Waals surface area contributed by atoms with E-state index in [9.17, 15) is 13.2 Å². The zero-order chi connectivity index (χ0) is 25.4. The summed E-state index contributed by atoms with van der Waals surface area (Å²) in [6, 6.07) is 10.0. The van der Waals surface area contributed by atoms with E-state index in [-0.39, 0.29) is 22.6 Å². The molecule has 8 nitrogen and oxygen atoms in total. The first-order chi connectivity index (χ1) is 17.3. The molecule has 1 amide bonds. The molecule has 2 aliphatic heterocycles. The van der Waals surface area contributed by atoms with E-state index in [1.807, 2.05) is 18.2 Å². The van der Waals surface area contributed by atoms with Gasteiger partial charge in [-0.2, -0.15) is 4.31 Å². The first-order valence-corrected chi connectivity index (χ1v) is 14.1. The molecular weight excluding hydrogens is 549 g/mol. The van der Waals surface area contributed by atoms with Crippen molar-refractivity contribution in [2.24, 2.45) is 0 Å². The lowest BCUT2D eigenvalue weighted by molar-refractivity contribution is -0.126. The Bertz CT molecular complexity index is 1400. The fourth-order valence-electron chi connectivity index (χ4n) is 4.61. The number of carbonyl (C=O) groups is 1. The van der Waals surface area contributed by atoms with E-state index >= 15 is 0 Å². The molecule has 0 spiro atoms. The van der Waals surface area contributed by atoms with Crippen LogP contribution in [0.2, 0.25) is 15.1 Å². The minimum Gasteiger partial charge on any atom is -0.458 e. The molecule has 0 aliphatic carbocycles. The van der Waals surface area contributed by atoms with Gasteiger partial charge in [0.15, 0.2) is 0 Å². The Morgan fingerprint density at radius 2 is 1.81 bits per heavy atom. The molecule has 1 unspecified atom stereocenters. The van der Waals surface area contributed by atoms with E-state index in [2.05, 4.69) is 4.90 Å². The highest BCUT2D eigenvalue weighted by Gasteiger charge is 2.30. The molecule has 5 rings (SSSR count). The van der Waals surface area contributed by atoms with E-state index in [0.717, 1.165) is 17.5 Å². The summed E-state index contributed by atoms with van der Waals surface area (Å²) in [4.78, 5) is 14.9. The van der Waals surface area contributed by atoms with Crippen LogP contribution in [0.5, 0.6) is 0 Å². The van der Waals surface area contributed by atoms with Gasteiger partial charge in [-0.15, -0.1) is 0 Å². The summed E-state index contributed by atoms with van der Waals surface area (Å²) in [5.74, 6) is 0.613. The van der Waals surface area contributed by atoms with Gasteiger partial charge in [0, 0.05) is 43.1 Å². The Hall–Kier alpha value is -2.01. The lowest BCUT2D eigenvalue weighted by Gasteiger charge is -2.28. The van der Waals surface area contributed by atoms with Gasteiger partial charge < -0.3 is 19.0 Å². The first-order valence-electron chi connectivity index (χ1n) is 11.5. The fourth-order valence-corrected chi connectivity index (χ4v) is 7.15. The van der Waals surface area contributed by atoms with Crippen molar-refractivity contribution in [1.82, 2.24) is 9.21 Å². The van der Waals surface area contributed by atoms with Crippen molar-refractivity contribution in [2.45, 2.75) is 17.4 Å². The van der Waals surface area contributed by atoms with Gasteiger partial charge in [0.25, 0.3) is 0 Å². The zero-order valence-corrected chi connectivity index (χ0v) is 22.3. The summed E-state index contributed by atoms with van der Waals surface area (Å²) < 4.78 is 39.8. The monoisotopic (exact) mass is 571 g/mol. The molecule has 192 valence electrons. The average Bonchev–Trinajstić information content (AvgIpc) is 3.16. The van der Waals surface area contributed by atoms with Crippen LogP contribution in [0, 0.1) is 0 Å². The number of rotatable bonds is 5. The van der Waals surface area contributed by atoms with E-state index in [1.54, 1.807) is 11.0 Å². The van der Waals surface area contributed by atoms with Crippen LogP contribution < -0.4 is 4.90 Å². The molecule has 3 aromatic rings. The minimum absolute atomic E-state index is 0.00794. The molecule has 2 fully saturated rings. The van der Waals surface area contributed by atoms with Crippen LogP contribution in [0.3, 0.4) is 0 Å². The van der Waals surface area contributed by atoms with Crippen molar-refractivity contribution in [1.29, 1.82) is 0 Å². The number of furan rings is 1. The number of benzene rings is 2. The number of nitrogens with zero attached hydrogens (tertiary/aromatic N) is 3. The van der Waals surface area contributed by atoms with Gasteiger partial charge in [-0.05, 0) is 42.8 Å². The molecule has 3 heterocycles. The zero-order valence-electron chi connectivity index (χ0n) is 19.2. The van der Waals surface area contributed by atoms with E-state index in [1.165, 1.54) is 16.4 Å². The predicted molar refractivity (Wildman–Crippen MR) is 140 cm³/mol. The van der Waals surface area contributed by atoms with Crippen LogP contribution in [0.25, 0.3) is 11.0 Å². The van der Waals surface area contributed by atoms with Gasteiger partial charge >= 0.3 is 0 Å². The predicted octanol–water partition coefficient (Wildman–Crippen LogP) is 4.82. The first kappa shape index (κ1) is 25.6. The van der Waals surface area contributed by atoms with Gasteiger partial charge in [0.1, 0.15) is 22.3 Å². The third kappa shape index (κ3) is 4.92. The van der Waals surface area contributed by atoms with Crippen LogP contribution in [0.1, 0.15) is 18.3 Å². The summed E-state index contributed by atoms with van der Waals surface area (Å²) in [6.07, 6.45) is 1.07. The lowest BCUT2D eigenvalue weighted by Crippen LogP contribution is -2.37. The molecule has 0 N–H and O–H groups in total. The van der Waals surface area contributed by atoms with Gasteiger partial charge in [-0.25, -0.2) is 8.42 Å². The fraction of sp³-hybridized carbons (Fsp3) is 0.375. The number of anilines is 1. The van der Waals surface area contributed by atoms with E-state index < -0.39 is 10.0 Å². The Morgan fingerprint density at radius 3 is 2.61 bits per heavy atom. The molecule has 1 atom stereocenters. The maximum absolute atomic E-state index is 13.3. The van der Waals surface area contributed by atoms with E-state index in [4.69, 9.17) is 44.0 Å². The summed E-state index contributed by atoms with van der Waals surface area (Å²) in [5.41, 5.74) is 1.43. The molecule has 2 aliphatic rings. The number of hydrogen-bond donors (Lipinski definition) is 0. The van der Waals surface area contributed by atoms with Crippen molar-refractivity contribution < 1.29 is 22.4 Å². The molecule has 12 heteroatoms. The van der Waals surface area contributed by atoms with Crippen molar-refractivity contribution >= 4 is 67.9 Å². The highest BCUT2D eigenvalue weighted by molar-refractivity contribution is 7.89. The van der Waals surface area contributed by atoms with Crippen LogP contribution in [0.15, 0.2) is 45.7 Å². The molecule has 0 radical (unpaired) electrons. The van der Waals surface area contributed by atoms with Gasteiger partial charge in [-0.1, -0.05) is 34.8 Å². The number of morpholine rings is 1. The van der Waals surface area contributed by atoms with Crippen LogP contribution in [0.4, 0.5) is 5.69 Å². The van der Waals surface area contributed by atoms with E-state index in [0.29, 0.717) is 67.1 Å². The molecule has 0 bridgehead atoms. The number of halogens is 3. The Balaban J connectivity index is 1.37. The quantitative estimate of drug-likeness (QED) is 0.408. The van der Waals surface area contributed by atoms with Crippen molar-refractivity contribution in [3.63, 3.8) is 0 Å². The average molecular weight is 573 g/mol. The summed E-state index contributed by atoms with van der Waals surface area (Å²) in [5, 5.41) is 1.73. The third-order valence-electron chi connectivity index (χ3n) is 6.50. The van der Waals surface area contributed by atoms with Crippen LogP contribution >= 0.6 is 34.8 Å². The number of fused-ring (bicyclic) bond motifs is 1. The number of sulfonamides is 1. The second-order valence-corrected chi connectivity index (χ2v) is 11.9. The standard InChI is InChI=1S/C24H24Cl3N3O5S/c25-16-2-3-18(26)23(12-16)36(32,33)30-7-1-6-29(8-9-30)19-4-5-20-17(24(19)27)13-21(35-20)22-14-28(15-31)10-11-34-22/h2-5,12-13,15,22H,1,6-11,14H2. The molecule has 2 saturated heterocycles. The minimum atomic E-state index is -3.81. The smallest absolute Gasteiger partial charge is 0.244 e. The largest absolute Gasteiger partial charge is 0.458 e. The second-order valence-electron chi connectivity index (χ2n) is 8.74. The topological polar surface area (TPSA) is 83.3 Å². The third-order valence-corrected chi connectivity index (χ3v) is 9.52. The van der Waals surface area contributed by atoms with Gasteiger partial charge in [0.2, 0.25) is 16.4 Å². The summed E-state index contributed by atoms with van der Waals surface area (Å²) >= 11 is 19.0. The number of carbonyl (C=O) groups excluding carboxylic acids is 1. The normalized spacial score (nSPS) is 20.0. The van der Waals surface area contributed by atoms with Crippen molar-refractivity contribution in [3.05, 3.63) is 57.2 Å². The SMILES string of the molecule is O=CN1CCOC(c2cc3c(Cl)c(N4CCCN(S(=O)(=O)c5cc(Cl)ccc5Cl)CC4)ccc3o2)C1. The number of amides is 1. The summed E-state index contributed by atoms with van der Waals surface area (Å²) in [6.45, 7) is 3.11. The molecular formula is C24H24Cl3N3O5S. The molecule has 0 saturated carbocycles. The Kier molecular flexibility index (Phi) is 7.40. The van der Waals surface area contributed by atoms with Gasteiger partial charge in [-0.3, -0.25) is 4.79 Å². The lowest BCUT2D eigenvalue weighted by atomic mass is 10.1. The summed E-state index contributed by atoms with van der Waals surface area (Å²) in [7, 11) is -3.81. The van der Waals surface area contributed by atoms with Gasteiger partial charge in [0.05, 0.1) is 28.9 Å². The number of hydrogen-bond acceptors (Lipinski definition) is 6. The Labute approximate surface area is 224 Å². The van der Waals surface area contributed by atoms with Crippen molar-refractivity contribution in [2.75, 3.05) is 50.8 Å².